The van der Waals surface area contributed by atoms with Gasteiger partial charge in [-0.2, -0.15) is 13.2 Å². The van der Waals surface area contributed by atoms with Gasteiger partial charge < -0.3 is 0 Å². The van der Waals surface area contributed by atoms with E-state index in [-0.39, 0.29) is 5.82 Å². The molecule has 0 N–H and O–H groups in total. The molecule has 78 valence electrons. The Hall–Kier alpha value is -1.85. The lowest BCUT2D eigenvalue weighted by atomic mass is 10.2. The second kappa shape index (κ2) is 3.38. The van der Waals surface area contributed by atoms with E-state index in [1.165, 1.54) is 23.3 Å². The predicted octanol–water partition coefficient (Wildman–Crippen LogP) is 2.29. The fraction of sp³-hybridized carbons (Fsp3) is 0.111. The number of aromatic nitrogens is 3. The molecule has 0 spiro atoms. The van der Waals surface area contributed by atoms with Gasteiger partial charge in [0.25, 0.3) is 0 Å². The Morgan fingerprint density at radius 1 is 1.20 bits per heavy atom. The Kier molecular flexibility index (Phi) is 2.18. The Morgan fingerprint density at radius 3 is 2.60 bits per heavy atom. The molecule has 0 fully saturated rings. The SMILES string of the molecule is FC(F)(F)c1ccnc(-n2ccnc2)c1. The second-order valence-corrected chi connectivity index (χ2v) is 2.87. The molecule has 2 heterocycles. The summed E-state index contributed by atoms with van der Waals surface area (Å²) in [5, 5.41) is 0. The second-order valence-electron chi connectivity index (χ2n) is 2.87. The number of halogens is 3. The van der Waals surface area contributed by atoms with Gasteiger partial charge in [0, 0.05) is 18.6 Å². The number of rotatable bonds is 1. The standard InChI is InChI=1S/C9H6F3N3/c10-9(11,12)7-1-2-14-8(5-7)15-4-3-13-6-15/h1-6H. The number of imidazole rings is 1. The molecule has 0 aliphatic rings. The Bertz CT molecular complexity index is 448. The van der Waals surface area contributed by atoms with Crippen LogP contribution in [0.3, 0.4) is 0 Å². The molecule has 0 bridgehead atoms. The molecule has 6 heteroatoms. The molecule has 0 saturated carbocycles. The largest absolute Gasteiger partial charge is 0.416 e. The van der Waals surface area contributed by atoms with Gasteiger partial charge in [0.2, 0.25) is 0 Å². The molecule has 15 heavy (non-hydrogen) atoms. The van der Waals surface area contributed by atoms with Crippen molar-refractivity contribution < 1.29 is 13.2 Å². The van der Waals surface area contributed by atoms with E-state index in [2.05, 4.69) is 9.97 Å². The van der Waals surface area contributed by atoms with E-state index < -0.39 is 11.7 Å². The van der Waals surface area contributed by atoms with E-state index in [1.54, 1.807) is 0 Å². The van der Waals surface area contributed by atoms with Crippen molar-refractivity contribution in [3.63, 3.8) is 0 Å². The molecule has 0 radical (unpaired) electrons. The van der Waals surface area contributed by atoms with Crippen molar-refractivity contribution in [3.05, 3.63) is 42.6 Å². The molecule has 0 aromatic carbocycles. The fourth-order valence-corrected chi connectivity index (χ4v) is 1.13. The first-order valence-electron chi connectivity index (χ1n) is 4.09. The zero-order valence-corrected chi connectivity index (χ0v) is 7.44. The Morgan fingerprint density at radius 2 is 2.00 bits per heavy atom. The summed E-state index contributed by atoms with van der Waals surface area (Å²) >= 11 is 0. The van der Waals surface area contributed by atoms with E-state index in [0.29, 0.717) is 0 Å². The van der Waals surface area contributed by atoms with E-state index in [4.69, 9.17) is 0 Å². The molecule has 2 aromatic rings. The van der Waals surface area contributed by atoms with Crippen molar-refractivity contribution in [1.29, 1.82) is 0 Å². The molecular formula is C9H6F3N3. The number of alkyl halides is 3. The van der Waals surface area contributed by atoms with Crippen molar-refractivity contribution in [2.45, 2.75) is 6.18 Å². The molecule has 0 amide bonds. The van der Waals surface area contributed by atoms with Gasteiger partial charge in [-0.1, -0.05) is 0 Å². The summed E-state index contributed by atoms with van der Waals surface area (Å²) in [6.45, 7) is 0. The maximum atomic E-state index is 12.4. The molecule has 2 rings (SSSR count). The quantitative estimate of drug-likeness (QED) is 0.727. The molecule has 0 atom stereocenters. The van der Waals surface area contributed by atoms with Gasteiger partial charge in [-0.05, 0) is 12.1 Å². The van der Waals surface area contributed by atoms with E-state index >= 15 is 0 Å². The van der Waals surface area contributed by atoms with E-state index in [9.17, 15) is 13.2 Å². The predicted molar refractivity (Wildman–Crippen MR) is 46.4 cm³/mol. The van der Waals surface area contributed by atoms with Gasteiger partial charge in [0.05, 0.1) is 5.56 Å². The van der Waals surface area contributed by atoms with Gasteiger partial charge in [-0.25, -0.2) is 9.97 Å². The van der Waals surface area contributed by atoms with Crippen molar-refractivity contribution in [3.8, 4) is 5.82 Å². The molecular weight excluding hydrogens is 207 g/mol. The van der Waals surface area contributed by atoms with Crippen LogP contribution in [0.1, 0.15) is 5.56 Å². The Labute approximate surface area is 83.2 Å². The number of pyridine rings is 1. The van der Waals surface area contributed by atoms with Crippen LogP contribution in [-0.2, 0) is 6.18 Å². The molecule has 0 unspecified atom stereocenters. The third-order valence-corrected chi connectivity index (χ3v) is 1.84. The number of hydrogen-bond acceptors (Lipinski definition) is 2. The molecule has 0 aliphatic carbocycles. The zero-order chi connectivity index (χ0) is 10.9. The summed E-state index contributed by atoms with van der Waals surface area (Å²) < 4.78 is 38.5. The van der Waals surface area contributed by atoms with Gasteiger partial charge in [-0.15, -0.1) is 0 Å². The smallest absolute Gasteiger partial charge is 0.291 e. The summed E-state index contributed by atoms with van der Waals surface area (Å²) in [5.41, 5.74) is -0.721. The van der Waals surface area contributed by atoms with Crippen LogP contribution in [0.25, 0.3) is 5.82 Å². The van der Waals surface area contributed by atoms with Gasteiger partial charge in [0.15, 0.2) is 0 Å². The highest BCUT2D eigenvalue weighted by atomic mass is 19.4. The monoisotopic (exact) mass is 213 g/mol. The first-order chi connectivity index (χ1) is 7.07. The van der Waals surface area contributed by atoms with Crippen LogP contribution in [-0.4, -0.2) is 14.5 Å². The normalized spacial score (nSPS) is 11.7. The highest BCUT2D eigenvalue weighted by Gasteiger charge is 2.30. The minimum absolute atomic E-state index is 0.197. The first-order valence-corrected chi connectivity index (χ1v) is 4.09. The summed E-state index contributed by atoms with van der Waals surface area (Å²) in [4.78, 5) is 7.55. The maximum absolute atomic E-state index is 12.4. The minimum atomic E-state index is -4.35. The van der Waals surface area contributed by atoms with Crippen LogP contribution in [0.5, 0.6) is 0 Å². The summed E-state index contributed by atoms with van der Waals surface area (Å²) in [7, 11) is 0. The van der Waals surface area contributed by atoms with Crippen LogP contribution < -0.4 is 0 Å². The first kappa shape index (κ1) is 9.70. The minimum Gasteiger partial charge on any atom is -0.291 e. The van der Waals surface area contributed by atoms with Crippen LogP contribution in [0.2, 0.25) is 0 Å². The molecule has 0 saturated heterocycles. The summed E-state index contributed by atoms with van der Waals surface area (Å²) in [6, 6.07) is 1.90. The lowest BCUT2D eigenvalue weighted by Gasteiger charge is -2.07. The summed E-state index contributed by atoms with van der Waals surface area (Å²) in [5.74, 6) is 0.197. The summed E-state index contributed by atoms with van der Waals surface area (Å²) in [6.07, 6.45) is 1.17. The number of hydrogen-bond donors (Lipinski definition) is 0. The van der Waals surface area contributed by atoms with Crippen LogP contribution in [0.4, 0.5) is 13.2 Å². The molecule has 0 aliphatic heterocycles. The molecule has 2 aromatic heterocycles. The van der Waals surface area contributed by atoms with Crippen molar-refractivity contribution >= 4 is 0 Å². The third-order valence-electron chi connectivity index (χ3n) is 1.84. The average Bonchev–Trinajstić information content (AvgIpc) is 2.69. The van der Waals surface area contributed by atoms with Gasteiger partial charge in [0.1, 0.15) is 12.1 Å². The van der Waals surface area contributed by atoms with Crippen LogP contribution in [0.15, 0.2) is 37.1 Å². The zero-order valence-electron chi connectivity index (χ0n) is 7.44. The third kappa shape index (κ3) is 1.98. The van der Waals surface area contributed by atoms with Crippen molar-refractivity contribution in [2.75, 3.05) is 0 Å². The van der Waals surface area contributed by atoms with Crippen LogP contribution >= 0.6 is 0 Å². The fourth-order valence-electron chi connectivity index (χ4n) is 1.13. The van der Waals surface area contributed by atoms with Crippen LogP contribution in [0, 0.1) is 0 Å². The van der Waals surface area contributed by atoms with Crippen molar-refractivity contribution in [2.24, 2.45) is 0 Å². The highest BCUT2D eigenvalue weighted by molar-refractivity contribution is 5.29. The topological polar surface area (TPSA) is 30.7 Å². The van der Waals surface area contributed by atoms with Crippen molar-refractivity contribution in [1.82, 2.24) is 14.5 Å². The lowest BCUT2D eigenvalue weighted by Crippen LogP contribution is -2.06. The lowest BCUT2D eigenvalue weighted by molar-refractivity contribution is -0.137. The Balaban J connectivity index is 2.44. The average molecular weight is 213 g/mol. The van der Waals surface area contributed by atoms with E-state index in [0.717, 1.165) is 18.3 Å². The highest BCUT2D eigenvalue weighted by Crippen LogP contribution is 2.29. The number of nitrogens with zero attached hydrogens (tertiary/aromatic N) is 3. The van der Waals surface area contributed by atoms with Gasteiger partial charge >= 0.3 is 6.18 Å². The molecule has 3 nitrogen and oxygen atoms in total. The maximum Gasteiger partial charge on any atom is 0.416 e. The van der Waals surface area contributed by atoms with Gasteiger partial charge in [-0.3, -0.25) is 4.57 Å². The van der Waals surface area contributed by atoms with E-state index in [1.807, 2.05) is 0 Å².